The van der Waals surface area contributed by atoms with Crippen LogP contribution in [0, 0.1) is 22.6 Å². The highest BCUT2D eigenvalue weighted by Gasteiger charge is 2.42. The zero-order chi connectivity index (χ0) is 28.5. The molecular weight excluding hydrogens is 538 g/mol. The second-order valence-corrected chi connectivity index (χ2v) is 12.8. The van der Waals surface area contributed by atoms with Crippen LogP contribution < -0.4 is 21.3 Å². The molecule has 3 aliphatic heterocycles. The molecular formula is C23H34F2N8O5S. The number of likely N-dealkylation sites (tertiary alicyclic amines) is 1. The summed E-state index contributed by atoms with van der Waals surface area (Å²) in [7, 11) is -1.61. The smallest absolute Gasteiger partial charge is 0.234 e. The number of nitrogens with one attached hydrogen (secondary N) is 2. The predicted octanol–water partition coefficient (Wildman–Crippen LogP) is -0.502. The van der Waals surface area contributed by atoms with Crippen LogP contribution in [-0.2, 0) is 19.4 Å². The number of nitrogens with two attached hydrogens (primary N) is 1. The van der Waals surface area contributed by atoms with Gasteiger partial charge in [-0.2, -0.15) is 0 Å². The van der Waals surface area contributed by atoms with Gasteiger partial charge >= 0.3 is 0 Å². The first-order valence-electron chi connectivity index (χ1n) is 12.7. The van der Waals surface area contributed by atoms with Crippen LogP contribution in [0.1, 0.15) is 12.8 Å². The summed E-state index contributed by atoms with van der Waals surface area (Å²) in [5.74, 6) is -3.03. The highest BCUT2D eigenvalue weighted by atomic mass is 32.2. The van der Waals surface area contributed by atoms with E-state index < -0.39 is 51.2 Å². The largest absolute Gasteiger partial charge is 0.367 e. The fraction of sp³-hybridized carbons (Fsp3) is 0.696. The number of hydrogen-bond acceptors (Lipinski definition) is 11. The number of piperidine rings is 1. The van der Waals surface area contributed by atoms with Gasteiger partial charge in [-0.1, -0.05) is 5.18 Å². The molecule has 39 heavy (non-hydrogen) atoms. The minimum absolute atomic E-state index is 0.0276. The summed E-state index contributed by atoms with van der Waals surface area (Å²) in [4.78, 5) is 46.1. The molecule has 0 aromatic carbocycles. The lowest BCUT2D eigenvalue weighted by Gasteiger charge is -2.42. The van der Waals surface area contributed by atoms with Crippen molar-refractivity contribution in [2.45, 2.75) is 36.6 Å². The summed E-state index contributed by atoms with van der Waals surface area (Å²) in [5.41, 5.74) is 6.01. The molecule has 16 heteroatoms. The second kappa shape index (κ2) is 11.7. The van der Waals surface area contributed by atoms with Gasteiger partial charge in [0.1, 0.15) is 17.8 Å². The summed E-state index contributed by atoms with van der Waals surface area (Å²) >= 11 is 0. The highest BCUT2D eigenvalue weighted by Crippen LogP contribution is 2.34. The Labute approximate surface area is 225 Å². The lowest BCUT2D eigenvalue weighted by atomic mass is 9.93. The molecule has 4 atom stereocenters. The van der Waals surface area contributed by atoms with E-state index in [1.165, 1.54) is 16.0 Å². The summed E-state index contributed by atoms with van der Waals surface area (Å²) in [6, 6.07) is 0. The number of hydrogen-bond donors (Lipinski definition) is 3. The Bertz CT molecular complexity index is 1190. The minimum Gasteiger partial charge on any atom is -0.367 e. The van der Waals surface area contributed by atoms with Crippen LogP contribution in [0.2, 0.25) is 0 Å². The van der Waals surface area contributed by atoms with E-state index in [4.69, 9.17) is 5.73 Å². The van der Waals surface area contributed by atoms with Gasteiger partial charge in [-0.05, 0) is 19.9 Å². The number of pyridine rings is 1. The summed E-state index contributed by atoms with van der Waals surface area (Å²) in [6.07, 6.45) is 0.901. The van der Waals surface area contributed by atoms with Crippen LogP contribution in [0.25, 0.3) is 0 Å². The third-order valence-corrected chi connectivity index (χ3v) is 9.21. The summed E-state index contributed by atoms with van der Waals surface area (Å²) < 4.78 is 52.1. The number of halogens is 2. The lowest BCUT2D eigenvalue weighted by molar-refractivity contribution is -0.139. The van der Waals surface area contributed by atoms with Crippen LogP contribution in [0.5, 0.6) is 0 Å². The third kappa shape index (κ3) is 6.34. The van der Waals surface area contributed by atoms with Crippen molar-refractivity contribution in [2.75, 3.05) is 62.8 Å². The van der Waals surface area contributed by atoms with E-state index in [0.717, 1.165) is 12.5 Å². The van der Waals surface area contributed by atoms with Crippen molar-refractivity contribution in [3.8, 4) is 0 Å². The molecule has 0 spiro atoms. The topological polar surface area (TPSA) is 170 Å². The number of aromatic nitrogens is 1. The van der Waals surface area contributed by atoms with Crippen molar-refractivity contribution < 1.29 is 26.8 Å². The van der Waals surface area contributed by atoms with E-state index in [1.807, 2.05) is 0 Å². The van der Waals surface area contributed by atoms with Gasteiger partial charge in [-0.3, -0.25) is 24.8 Å². The first kappa shape index (κ1) is 29.2. The summed E-state index contributed by atoms with van der Waals surface area (Å²) in [5, 5.41) is 7.79. The number of carbonyl (C=O) groups is 2. The Balaban J connectivity index is 1.44. The van der Waals surface area contributed by atoms with Crippen molar-refractivity contribution in [3.63, 3.8) is 0 Å². The standard InChI is InChI=1S/C23H34F2N8O5S/c1-31-10-14(24)7-28-21(31)18(20(26)30-36)22(34)29-17-9-27-8-16(25)19(17)32-5-3-13(4-6-32)23(35)33-11-15(12-33)39(2,37)38/h8-9,13-15,18,20-21,28H,3-7,10-12,26H2,1-2H3,(H,29,34). The Hall–Kier alpha value is -2.82. The summed E-state index contributed by atoms with van der Waals surface area (Å²) in [6.45, 7) is 0.989. The molecule has 3 saturated heterocycles. The number of anilines is 2. The molecule has 3 fully saturated rings. The molecule has 216 valence electrons. The molecule has 0 radical (unpaired) electrons. The Kier molecular flexibility index (Phi) is 8.78. The first-order valence-corrected chi connectivity index (χ1v) is 14.7. The van der Waals surface area contributed by atoms with Gasteiger partial charge in [0.25, 0.3) is 0 Å². The predicted molar refractivity (Wildman–Crippen MR) is 140 cm³/mol. The van der Waals surface area contributed by atoms with Gasteiger partial charge in [0.05, 0.1) is 29.5 Å². The van der Waals surface area contributed by atoms with E-state index in [2.05, 4.69) is 20.8 Å². The van der Waals surface area contributed by atoms with E-state index in [1.54, 1.807) is 11.9 Å². The number of nitrogens with zero attached hydrogens (tertiary/aromatic N) is 5. The quantitative estimate of drug-likeness (QED) is 0.345. The first-order chi connectivity index (χ1) is 18.4. The van der Waals surface area contributed by atoms with Crippen LogP contribution in [0.15, 0.2) is 17.6 Å². The van der Waals surface area contributed by atoms with Gasteiger partial charge in [-0.15, -0.1) is 4.91 Å². The fourth-order valence-corrected chi connectivity index (χ4v) is 6.30. The molecule has 4 heterocycles. The van der Waals surface area contributed by atoms with Crippen LogP contribution >= 0.6 is 0 Å². The second-order valence-electron chi connectivity index (χ2n) is 10.5. The Morgan fingerprint density at radius 3 is 2.49 bits per heavy atom. The molecule has 1 aromatic heterocycles. The fourth-order valence-electron chi connectivity index (χ4n) is 5.40. The zero-order valence-electron chi connectivity index (χ0n) is 21.8. The highest BCUT2D eigenvalue weighted by molar-refractivity contribution is 7.91. The normalized spacial score (nSPS) is 25.1. The molecule has 0 bridgehead atoms. The van der Waals surface area contributed by atoms with Crippen molar-refractivity contribution in [1.29, 1.82) is 0 Å². The van der Waals surface area contributed by atoms with Crippen molar-refractivity contribution in [1.82, 2.24) is 20.1 Å². The number of amides is 2. The van der Waals surface area contributed by atoms with E-state index in [0.29, 0.717) is 25.9 Å². The maximum atomic E-state index is 15.0. The average molecular weight is 573 g/mol. The van der Waals surface area contributed by atoms with E-state index >= 15 is 4.39 Å². The van der Waals surface area contributed by atoms with Crippen molar-refractivity contribution in [2.24, 2.45) is 22.7 Å². The molecule has 4 rings (SSSR count). The zero-order valence-corrected chi connectivity index (χ0v) is 22.6. The number of sulfone groups is 1. The number of alkyl halides is 1. The molecule has 4 unspecified atom stereocenters. The maximum Gasteiger partial charge on any atom is 0.234 e. The van der Waals surface area contributed by atoms with E-state index in [-0.39, 0.29) is 49.4 Å². The minimum atomic E-state index is -3.19. The Morgan fingerprint density at radius 1 is 1.23 bits per heavy atom. The van der Waals surface area contributed by atoms with Gasteiger partial charge in [0.15, 0.2) is 21.8 Å². The van der Waals surface area contributed by atoms with Gasteiger partial charge in [0, 0.05) is 51.4 Å². The van der Waals surface area contributed by atoms with Crippen molar-refractivity contribution in [3.05, 3.63) is 23.1 Å². The monoisotopic (exact) mass is 572 g/mol. The van der Waals surface area contributed by atoms with Crippen LogP contribution in [-0.4, -0.2) is 111 Å². The van der Waals surface area contributed by atoms with Gasteiger partial charge in [-0.25, -0.2) is 17.2 Å². The lowest BCUT2D eigenvalue weighted by Crippen LogP contribution is -2.62. The SMILES string of the molecule is CN1CC(F)CNC1C(C(=O)Nc1cncc(F)c1N1CCC(C(=O)N2CC(S(C)(=O)=O)C2)CC1)C(N)N=O. The number of nitroso groups, excluding NO2 is 1. The molecule has 2 amide bonds. The van der Waals surface area contributed by atoms with Gasteiger partial charge in [0.2, 0.25) is 11.8 Å². The van der Waals surface area contributed by atoms with E-state index in [9.17, 15) is 27.3 Å². The van der Waals surface area contributed by atoms with Gasteiger partial charge < -0.3 is 20.9 Å². The van der Waals surface area contributed by atoms with Crippen molar-refractivity contribution >= 4 is 33.0 Å². The van der Waals surface area contributed by atoms with Crippen LogP contribution in [0.4, 0.5) is 20.2 Å². The molecule has 4 N–H and O–H groups in total. The van der Waals surface area contributed by atoms with Crippen LogP contribution in [0.3, 0.4) is 0 Å². The Morgan fingerprint density at radius 2 is 1.90 bits per heavy atom. The average Bonchev–Trinajstić information content (AvgIpc) is 2.84. The maximum absolute atomic E-state index is 15.0. The molecule has 0 saturated carbocycles. The number of rotatable bonds is 8. The third-order valence-electron chi connectivity index (χ3n) is 7.70. The molecule has 13 nitrogen and oxygen atoms in total. The number of carbonyl (C=O) groups excluding carboxylic acids is 2. The molecule has 1 aromatic rings. The molecule has 3 aliphatic rings. The molecule has 0 aliphatic carbocycles.